The number of anilines is 1. The summed E-state index contributed by atoms with van der Waals surface area (Å²) in [6.07, 6.45) is 3.69. The molecule has 0 aliphatic carbocycles. The van der Waals surface area contributed by atoms with E-state index in [1.54, 1.807) is 56.5 Å². The van der Waals surface area contributed by atoms with Crippen molar-refractivity contribution >= 4 is 35.2 Å². The Kier molecular flexibility index (Phi) is 6.44. The second-order valence-corrected chi connectivity index (χ2v) is 7.05. The minimum atomic E-state index is -0.520. The minimum absolute atomic E-state index is 0.131. The van der Waals surface area contributed by atoms with E-state index in [9.17, 15) is 9.59 Å². The standard InChI is InChI=1S/C22H23ClN2O4/c1-24(18-12-13-25(22(18)27)17-7-5-4-6-16(17)23)21(26)11-9-15-8-10-19(28-2)20(14-15)29-3/h4-11,14,18H,12-13H2,1-3H3/b11-9+. The zero-order chi connectivity index (χ0) is 21.0. The second-order valence-electron chi connectivity index (χ2n) is 6.64. The lowest BCUT2D eigenvalue weighted by molar-refractivity contribution is -0.132. The molecule has 2 aromatic rings. The van der Waals surface area contributed by atoms with Crippen molar-refractivity contribution in [2.45, 2.75) is 12.5 Å². The maximum absolute atomic E-state index is 12.9. The largest absolute Gasteiger partial charge is 0.493 e. The molecule has 0 bridgehead atoms. The summed E-state index contributed by atoms with van der Waals surface area (Å²) < 4.78 is 10.5. The van der Waals surface area contributed by atoms with E-state index in [2.05, 4.69) is 0 Å². The zero-order valence-corrected chi connectivity index (χ0v) is 17.3. The van der Waals surface area contributed by atoms with Crippen molar-refractivity contribution in [3.63, 3.8) is 0 Å². The highest BCUT2D eigenvalue weighted by Crippen LogP contribution is 2.30. The third kappa shape index (κ3) is 4.38. The van der Waals surface area contributed by atoms with Crippen LogP contribution in [0.4, 0.5) is 5.69 Å². The van der Waals surface area contributed by atoms with Gasteiger partial charge in [0.25, 0.3) is 0 Å². The van der Waals surface area contributed by atoms with Gasteiger partial charge >= 0.3 is 0 Å². The molecule has 0 spiro atoms. The minimum Gasteiger partial charge on any atom is -0.493 e. The van der Waals surface area contributed by atoms with E-state index < -0.39 is 6.04 Å². The van der Waals surface area contributed by atoms with Crippen LogP contribution in [0.3, 0.4) is 0 Å². The zero-order valence-electron chi connectivity index (χ0n) is 16.6. The lowest BCUT2D eigenvalue weighted by atomic mass is 10.1. The molecule has 1 fully saturated rings. The highest BCUT2D eigenvalue weighted by molar-refractivity contribution is 6.34. The normalized spacial score (nSPS) is 16.3. The van der Waals surface area contributed by atoms with Gasteiger partial charge in [-0.25, -0.2) is 0 Å². The fourth-order valence-corrected chi connectivity index (χ4v) is 3.57. The smallest absolute Gasteiger partial charge is 0.249 e. The van der Waals surface area contributed by atoms with Crippen LogP contribution >= 0.6 is 11.6 Å². The molecule has 1 aliphatic rings. The number of amides is 2. The van der Waals surface area contributed by atoms with Gasteiger partial charge in [-0.2, -0.15) is 0 Å². The van der Waals surface area contributed by atoms with Gasteiger partial charge in [0.2, 0.25) is 11.8 Å². The van der Waals surface area contributed by atoms with Crippen LogP contribution in [-0.4, -0.2) is 50.6 Å². The second kappa shape index (κ2) is 9.01. The number of carbonyl (C=O) groups is 2. The van der Waals surface area contributed by atoms with Gasteiger partial charge in [-0.05, 0) is 42.3 Å². The summed E-state index contributed by atoms with van der Waals surface area (Å²) in [5.41, 5.74) is 1.46. The van der Waals surface area contributed by atoms with Gasteiger partial charge in [0, 0.05) is 19.7 Å². The molecule has 0 radical (unpaired) electrons. The molecule has 1 aliphatic heterocycles. The quantitative estimate of drug-likeness (QED) is 0.677. The lowest BCUT2D eigenvalue weighted by Crippen LogP contribution is -2.42. The van der Waals surface area contributed by atoms with Gasteiger partial charge in [0.1, 0.15) is 6.04 Å². The van der Waals surface area contributed by atoms with Crippen molar-refractivity contribution in [2.75, 3.05) is 32.7 Å². The van der Waals surface area contributed by atoms with Crippen LogP contribution in [0.2, 0.25) is 5.02 Å². The monoisotopic (exact) mass is 414 g/mol. The van der Waals surface area contributed by atoms with Crippen LogP contribution in [-0.2, 0) is 9.59 Å². The Morgan fingerprint density at radius 3 is 2.59 bits per heavy atom. The van der Waals surface area contributed by atoms with Crippen LogP contribution in [0.25, 0.3) is 6.08 Å². The number of benzene rings is 2. The van der Waals surface area contributed by atoms with Gasteiger partial charge in [0.05, 0.1) is 24.9 Å². The van der Waals surface area contributed by atoms with Crippen LogP contribution in [0.15, 0.2) is 48.5 Å². The molecule has 152 valence electrons. The number of nitrogens with zero attached hydrogens (tertiary/aromatic N) is 2. The Bertz CT molecular complexity index is 944. The fraction of sp³-hybridized carbons (Fsp3) is 0.273. The van der Waals surface area contributed by atoms with Gasteiger partial charge in [-0.15, -0.1) is 0 Å². The Morgan fingerprint density at radius 1 is 1.17 bits per heavy atom. The van der Waals surface area contributed by atoms with E-state index >= 15 is 0 Å². The number of likely N-dealkylation sites (N-methyl/N-ethyl adjacent to an activating group) is 1. The van der Waals surface area contributed by atoms with E-state index in [-0.39, 0.29) is 11.8 Å². The van der Waals surface area contributed by atoms with E-state index in [4.69, 9.17) is 21.1 Å². The van der Waals surface area contributed by atoms with Crippen molar-refractivity contribution in [3.8, 4) is 11.5 Å². The number of rotatable bonds is 6. The highest BCUT2D eigenvalue weighted by atomic mass is 35.5. The molecular weight excluding hydrogens is 392 g/mol. The van der Waals surface area contributed by atoms with Crippen molar-refractivity contribution < 1.29 is 19.1 Å². The van der Waals surface area contributed by atoms with Crippen molar-refractivity contribution in [1.29, 1.82) is 0 Å². The van der Waals surface area contributed by atoms with Crippen molar-refractivity contribution in [1.82, 2.24) is 4.90 Å². The summed E-state index contributed by atoms with van der Waals surface area (Å²) >= 11 is 6.22. The van der Waals surface area contributed by atoms with E-state index in [0.717, 1.165) is 5.56 Å². The third-order valence-electron chi connectivity index (χ3n) is 4.96. The van der Waals surface area contributed by atoms with E-state index in [0.29, 0.717) is 35.2 Å². The summed E-state index contributed by atoms with van der Waals surface area (Å²) in [7, 11) is 4.76. The average Bonchev–Trinajstić information content (AvgIpc) is 3.12. The highest BCUT2D eigenvalue weighted by Gasteiger charge is 2.37. The first-order chi connectivity index (χ1) is 14.0. The SMILES string of the molecule is COc1ccc(/C=C/C(=O)N(C)C2CCN(c3ccccc3Cl)C2=O)cc1OC. The third-order valence-corrected chi connectivity index (χ3v) is 5.28. The Hall–Kier alpha value is -2.99. The van der Waals surface area contributed by atoms with Crippen LogP contribution in [0.5, 0.6) is 11.5 Å². The number of methoxy groups -OCH3 is 2. The predicted molar refractivity (Wildman–Crippen MR) is 114 cm³/mol. The molecule has 1 unspecified atom stereocenters. The predicted octanol–water partition coefficient (Wildman–Crippen LogP) is 3.63. The van der Waals surface area contributed by atoms with Crippen LogP contribution in [0.1, 0.15) is 12.0 Å². The van der Waals surface area contributed by atoms with E-state index in [1.165, 1.54) is 11.0 Å². The molecule has 0 N–H and O–H groups in total. The molecule has 0 saturated carbocycles. The molecule has 1 atom stereocenters. The molecule has 2 aromatic carbocycles. The Labute approximate surface area is 175 Å². The van der Waals surface area contributed by atoms with Gasteiger partial charge < -0.3 is 19.3 Å². The molecule has 2 amide bonds. The number of hydrogen-bond acceptors (Lipinski definition) is 4. The first kappa shape index (κ1) is 20.7. The summed E-state index contributed by atoms with van der Waals surface area (Å²) in [4.78, 5) is 28.6. The number of hydrogen-bond donors (Lipinski definition) is 0. The van der Waals surface area contributed by atoms with Crippen LogP contribution < -0.4 is 14.4 Å². The number of halogens is 1. The van der Waals surface area contributed by atoms with E-state index in [1.807, 2.05) is 18.2 Å². The molecule has 29 heavy (non-hydrogen) atoms. The molecule has 7 heteroatoms. The molecular formula is C22H23ClN2O4. The number of ether oxygens (including phenoxy) is 2. The van der Waals surface area contributed by atoms with Gasteiger partial charge in [0.15, 0.2) is 11.5 Å². The Morgan fingerprint density at radius 2 is 1.90 bits per heavy atom. The lowest BCUT2D eigenvalue weighted by Gasteiger charge is -2.23. The molecule has 1 heterocycles. The summed E-state index contributed by atoms with van der Waals surface area (Å²) in [5.74, 6) is 0.814. The maximum atomic E-state index is 12.9. The average molecular weight is 415 g/mol. The van der Waals surface area contributed by atoms with Gasteiger partial charge in [-0.1, -0.05) is 29.8 Å². The van der Waals surface area contributed by atoms with Crippen molar-refractivity contribution in [3.05, 3.63) is 59.1 Å². The first-order valence-corrected chi connectivity index (χ1v) is 9.57. The number of para-hydroxylation sites is 1. The summed E-state index contributed by atoms with van der Waals surface area (Å²) in [6, 6.07) is 12.1. The molecule has 0 aromatic heterocycles. The molecule has 3 rings (SSSR count). The first-order valence-electron chi connectivity index (χ1n) is 9.19. The van der Waals surface area contributed by atoms with Crippen molar-refractivity contribution in [2.24, 2.45) is 0 Å². The maximum Gasteiger partial charge on any atom is 0.249 e. The fourth-order valence-electron chi connectivity index (χ4n) is 3.33. The number of carbonyl (C=O) groups excluding carboxylic acids is 2. The topological polar surface area (TPSA) is 59.1 Å². The summed E-state index contributed by atoms with van der Waals surface area (Å²) in [6.45, 7) is 0.518. The van der Waals surface area contributed by atoms with Crippen LogP contribution in [0, 0.1) is 0 Å². The Balaban J connectivity index is 1.70. The summed E-state index contributed by atoms with van der Waals surface area (Å²) in [5, 5.41) is 0.517. The molecule has 6 nitrogen and oxygen atoms in total. The van der Waals surface area contributed by atoms with Gasteiger partial charge in [-0.3, -0.25) is 9.59 Å². The molecule has 1 saturated heterocycles.